The van der Waals surface area contributed by atoms with Gasteiger partial charge >= 0.3 is 0 Å². The number of nitrogens with one attached hydrogen (secondary N) is 1. The molecule has 25 heavy (non-hydrogen) atoms. The molecule has 2 aromatic rings. The first-order chi connectivity index (χ1) is 12.1. The largest absolute Gasteiger partial charge is 0.374 e. The maximum absolute atomic E-state index is 12.6. The average Bonchev–Trinajstić information content (AvgIpc) is 3.14. The number of para-hydroxylation sites is 1. The van der Waals surface area contributed by atoms with Crippen molar-refractivity contribution in [2.45, 2.75) is 20.0 Å². The molecule has 1 fully saturated rings. The Bertz CT molecular complexity index is 684. The summed E-state index contributed by atoms with van der Waals surface area (Å²) in [5, 5.41) is 7.24. The molecule has 1 unspecified atom stereocenters. The second-order valence-electron chi connectivity index (χ2n) is 6.82. The van der Waals surface area contributed by atoms with Gasteiger partial charge in [-0.2, -0.15) is 5.10 Å². The molecule has 0 radical (unpaired) electrons. The smallest absolute Gasteiger partial charge is 0.253 e. The first-order valence-corrected chi connectivity index (χ1v) is 8.84. The Labute approximate surface area is 148 Å². The SMILES string of the molecule is CC(C)CN1CCOC(CNC(=O)c2ccccc2-n2cccn2)C1. The normalized spacial score (nSPS) is 18.4. The number of benzene rings is 1. The quantitative estimate of drug-likeness (QED) is 0.872. The van der Waals surface area contributed by atoms with Crippen LogP contribution in [0.4, 0.5) is 0 Å². The topological polar surface area (TPSA) is 59.4 Å². The summed E-state index contributed by atoms with van der Waals surface area (Å²) in [6.07, 6.45) is 3.57. The summed E-state index contributed by atoms with van der Waals surface area (Å²) < 4.78 is 7.51. The second-order valence-corrected chi connectivity index (χ2v) is 6.82. The summed E-state index contributed by atoms with van der Waals surface area (Å²) in [4.78, 5) is 15.0. The number of hydrogen-bond donors (Lipinski definition) is 1. The monoisotopic (exact) mass is 342 g/mol. The van der Waals surface area contributed by atoms with Crippen molar-refractivity contribution in [3.63, 3.8) is 0 Å². The zero-order chi connectivity index (χ0) is 17.6. The van der Waals surface area contributed by atoms with Gasteiger partial charge in [0.1, 0.15) is 0 Å². The summed E-state index contributed by atoms with van der Waals surface area (Å²) in [5.74, 6) is 0.532. The van der Waals surface area contributed by atoms with E-state index in [0.29, 0.717) is 18.0 Å². The summed E-state index contributed by atoms with van der Waals surface area (Å²) in [5.41, 5.74) is 1.39. The highest BCUT2D eigenvalue weighted by molar-refractivity contribution is 5.97. The van der Waals surface area contributed by atoms with Gasteiger partial charge in [-0.15, -0.1) is 0 Å². The molecular formula is C19H26N4O2. The molecule has 1 atom stereocenters. The van der Waals surface area contributed by atoms with Gasteiger partial charge in [0.15, 0.2) is 0 Å². The number of ether oxygens (including phenoxy) is 1. The van der Waals surface area contributed by atoms with E-state index in [9.17, 15) is 4.79 Å². The Hall–Kier alpha value is -2.18. The Balaban J connectivity index is 1.60. The van der Waals surface area contributed by atoms with Crippen LogP contribution in [-0.4, -0.2) is 59.5 Å². The van der Waals surface area contributed by atoms with Crippen molar-refractivity contribution in [1.29, 1.82) is 0 Å². The summed E-state index contributed by atoms with van der Waals surface area (Å²) in [7, 11) is 0. The van der Waals surface area contributed by atoms with E-state index in [-0.39, 0.29) is 12.0 Å². The third-order valence-corrected chi connectivity index (χ3v) is 4.24. The molecule has 6 heteroatoms. The van der Waals surface area contributed by atoms with Gasteiger partial charge in [-0.3, -0.25) is 9.69 Å². The molecule has 1 aromatic carbocycles. The van der Waals surface area contributed by atoms with E-state index in [2.05, 4.69) is 29.2 Å². The predicted octanol–water partition coefficient (Wildman–Crippen LogP) is 1.96. The fraction of sp³-hybridized carbons (Fsp3) is 0.474. The first-order valence-electron chi connectivity index (χ1n) is 8.84. The van der Waals surface area contributed by atoms with Crippen LogP contribution in [0.2, 0.25) is 0 Å². The summed E-state index contributed by atoms with van der Waals surface area (Å²) in [6.45, 7) is 8.56. The predicted molar refractivity (Wildman–Crippen MR) is 96.9 cm³/mol. The number of morpholine rings is 1. The molecule has 1 aliphatic heterocycles. The number of aromatic nitrogens is 2. The molecule has 0 aliphatic carbocycles. The van der Waals surface area contributed by atoms with Crippen LogP contribution >= 0.6 is 0 Å². The van der Waals surface area contributed by atoms with Gasteiger partial charge in [-0.25, -0.2) is 4.68 Å². The van der Waals surface area contributed by atoms with Gasteiger partial charge in [0, 0.05) is 38.6 Å². The fourth-order valence-electron chi connectivity index (χ4n) is 3.16. The Kier molecular flexibility index (Phi) is 5.83. The van der Waals surface area contributed by atoms with E-state index < -0.39 is 0 Å². The molecule has 2 heterocycles. The van der Waals surface area contributed by atoms with E-state index in [1.165, 1.54) is 0 Å². The van der Waals surface area contributed by atoms with Crippen molar-refractivity contribution in [2.24, 2.45) is 5.92 Å². The van der Waals surface area contributed by atoms with Crippen molar-refractivity contribution in [1.82, 2.24) is 20.0 Å². The first kappa shape index (κ1) is 17.6. The number of rotatable bonds is 6. The van der Waals surface area contributed by atoms with Gasteiger partial charge in [0.2, 0.25) is 0 Å². The van der Waals surface area contributed by atoms with E-state index in [0.717, 1.165) is 31.9 Å². The maximum atomic E-state index is 12.6. The molecule has 1 aliphatic rings. The van der Waals surface area contributed by atoms with Gasteiger partial charge < -0.3 is 10.1 Å². The molecule has 1 saturated heterocycles. The number of carbonyl (C=O) groups is 1. The van der Waals surface area contributed by atoms with E-state index in [4.69, 9.17) is 4.74 Å². The van der Waals surface area contributed by atoms with Crippen LogP contribution in [0.3, 0.4) is 0 Å². The van der Waals surface area contributed by atoms with E-state index in [1.54, 1.807) is 10.9 Å². The number of carbonyl (C=O) groups excluding carboxylic acids is 1. The van der Waals surface area contributed by atoms with Crippen LogP contribution in [0.15, 0.2) is 42.7 Å². The lowest BCUT2D eigenvalue weighted by Crippen LogP contribution is -2.48. The van der Waals surface area contributed by atoms with E-state index >= 15 is 0 Å². The third-order valence-electron chi connectivity index (χ3n) is 4.24. The highest BCUT2D eigenvalue weighted by Crippen LogP contribution is 2.14. The molecule has 0 spiro atoms. The third kappa shape index (κ3) is 4.67. The lowest BCUT2D eigenvalue weighted by molar-refractivity contribution is -0.0295. The highest BCUT2D eigenvalue weighted by Gasteiger charge is 2.22. The Morgan fingerprint density at radius 2 is 2.20 bits per heavy atom. The van der Waals surface area contributed by atoms with Crippen LogP contribution in [0.1, 0.15) is 24.2 Å². The van der Waals surface area contributed by atoms with Crippen molar-refractivity contribution in [3.8, 4) is 5.69 Å². The van der Waals surface area contributed by atoms with Gasteiger partial charge in [0.05, 0.1) is 24.0 Å². The van der Waals surface area contributed by atoms with Gasteiger partial charge in [0.25, 0.3) is 5.91 Å². The molecule has 1 aromatic heterocycles. The van der Waals surface area contributed by atoms with Crippen molar-refractivity contribution < 1.29 is 9.53 Å². The minimum Gasteiger partial charge on any atom is -0.374 e. The molecule has 1 N–H and O–H groups in total. The van der Waals surface area contributed by atoms with Crippen LogP contribution in [0, 0.1) is 5.92 Å². The molecule has 6 nitrogen and oxygen atoms in total. The minimum atomic E-state index is -0.101. The standard InChI is InChI=1S/C19H26N4O2/c1-15(2)13-22-10-11-25-16(14-22)12-20-19(24)17-6-3-4-7-18(17)23-9-5-8-21-23/h3-9,15-16H,10-14H2,1-2H3,(H,20,24). The number of amides is 1. The van der Waals surface area contributed by atoms with Crippen LogP contribution in [-0.2, 0) is 4.74 Å². The lowest BCUT2D eigenvalue weighted by Gasteiger charge is -2.34. The molecule has 134 valence electrons. The zero-order valence-electron chi connectivity index (χ0n) is 14.9. The average molecular weight is 342 g/mol. The minimum absolute atomic E-state index is 0.0355. The van der Waals surface area contributed by atoms with Crippen LogP contribution in [0.25, 0.3) is 5.69 Å². The Morgan fingerprint density at radius 1 is 1.36 bits per heavy atom. The lowest BCUT2D eigenvalue weighted by atomic mass is 10.1. The van der Waals surface area contributed by atoms with Crippen molar-refractivity contribution >= 4 is 5.91 Å². The number of hydrogen-bond acceptors (Lipinski definition) is 4. The summed E-state index contributed by atoms with van der Waals surface area (Å²) >= 11 is 0. The molecule has 1 amide bonds. The fourth-order valence-corrected chi connectivity index (χ4v) is 3.16. The van der Waals surface area contributed by atoms with Gasteiger partial charge in [-0.1, -0.05) is 26.0 Å². The highest BCUT2D eigenvalue weighted by atomic mass is 16.5. The second kappa shape index (κ2) is 8.27. The zero-order valence-corrected chi connectivity index (χ0v) is 14.9. The number of nitrogens with zero attached hydrogens (tertiary/aromatic N) is 3. The van der Waals surface area contributed by atoms with Crippen LogP contribution < -0.4 is 5.32 Å². The van der Waals surface area contributed by atoms with Crippen molar-refractivity contribution in [3.05, 3.63) is 48.3 Å². The molecule has 0 bridgehead atoms. The maximum Gasteiger partial charge on any atom is 0.253 e. The van der Waals surface area contributed by atoms with Crippen molar-refractivity contribution in [2.75, 3.05) is 32.8 Å². The molecule has 0 saturated carbocycles. The molecule has 3 rings (SSSR count). The van der Waals surface area contributed by atoms with Crippen LogP contribution in [0.5, 0.6) is 0 Å². The van der Waals surface area contributed by atoms with E-state index in [1.807, 2.05) is 36.5 Å². The molecular weight excluding hydrogens is 316 g/mol. The Morgan fingerprint density at radius 3 is 2.96 bits per heavy atom. The van der Waals surface area contributed by atoms with Gasteiger partial charge in [-0.05, 0) is 24.1 Å². The summed E-state index contributed by atoms with van der Waals surface area (Å²) in [6, 6.07) is 9.32.